The molecule has 6 heteroatoms. The minimum absolute atomic E-state index is 0.680. The van der Waals surface area contributed by atoms with E-state index in [1.165, 1.54) is 12.8 Å². The van der Waals surface area contributed by atoms with Gasteiger partial charge in [-0.3, -0.25) is 0 Å². The molecule has 0 aromatic heterocycles. The predicted octanol–water partition coefficient (Wildman–Crippen LogP) is 2.98. The fourth-order valence-corrected chi connectivity index (χ4v) is 14.8. The van der Waals surface area contributed by atoms with Gasteiger partial charge in [-0.2, -0.15) is 0 Å². The monoisotopic (exact) mass is 316 g/mol. The summed E-state index contributed by atoms with van der Waals surface area (Å²) in [5.41, 5.74) is 1.54. The SMILES string of the molecule is CC[Si](C[Si](OC)(OC)OC)(OC)C1CC2C=CC1C2. The van der Waals surface area contributed by atoms with Crippen LogP contribution in [0.5, 0.6) is 0 Å². The molecule has 2 rings (SSSR count). The highest BCUT2D eigenvalue weighted by Crippen LogP contribution is 2.54. The Kier molecular flexibility index (Phi) is 5.26. The first-order chi connectivity index (χ1) is 9.58. The molecule has 2 aliphatic rings. The molecule has 0 aliphatic heterocycles. The third kappa shape index (κ3) is 2.69. The molecule has 0 spiro atoms. The zero-order valence-electron chi connectivity index (χ0n) is 13.3. The molecule has 0 aromatic rings. The molecule has 0 saturated heterocycles. The molecule has 4 atom stereocenters. The third-order valence-corrected chi connectivity index (χ3v) is 15.4. The lowest BCUT2D eigenvalue weighted by atomic mass is 10.1. The largest absolute Gasteiger partial charge is 0.499 e. The van der Waals surface area contributed by atoms with Crippen molar-refractivity contribution in [2.45, 2.75) is 37.0 Å². The second-order valence-corrected chi connectivity index (χ2v) is 14.0. The number of hydrogen-bond donors (Lipinski definition) is 0. The molecule has 0 radical (unpaired) electrons. The van der Waals surface area contributed by atoms with Gasteiger partial charge in [-0.1, -0.05) is 19.1 Å². The van der Waals surface area contributed by atoms with Crippen molar-refractivity contribution in [3.8, 4) is 0 Å². The van der Waals surface area contributed by atoms with Crippen molar-refractivity contribution in [3.05, 3.63) is 12.2 Å². The number of fused-ring (bicyclic) bond motifs is 2. The molecule has 0 aromatic carbocycles. The average Bonchev–Trinajstić information content (AvgIpc) is 3.13. The first-order valence-corrected chi connectivity index (χ1v) is 11.8. The van der Waals surface area contributed by atoms with E-state index in [2.05, 4.69) is 19.1 Å². The molecule has 1 fully saturated rings. The zero-order chi connectivity index (χ0) is 14.8. The van der Waals surface area contributed by atoms with Gasteiger partial charge in [-0.05, 0) is 36.3 Å². The Labute approximate surface area is 124 Å². The maximum Gasteiger partial charge on any atom is 0.499 e. The van der Waals surface area contributed by atoms with Crippen LogP contribution < -0.4 is 0 Å². The highest BCUT2D eigenvalue weighted by Gasteiger charge is 2.57. The first kappa shape index (κ1) is 16.4. The normalized spacial score (nSPS) is 31.8. The van der Waals surface area contributed by atoms with Crippen molar-refractivity contribution in [2.24, 2.45) is 11.8 Å². The van der Waals surface area contributed by atoms with Crippen molar-refractivity contribution < 1.29 is 17.7 Å². The van der Waals surface area contributed by atoms with Crippen LogP contribution in [-0.2, 0) is 17.7 Å². The summed E-state index contributed by atoms with van der Waals surface area (Å²) in [4.78, 5) is 0. The van der Waals surface area contributed by atoms with Gasteiger partial charge in [0, 0.05) is 34.1 Å². The molecule has 0 N–H and O–H groups in total. The van der Waals surface area contributed by atoms with E-state index in [-0.39, 0.29) is 0 Å². The van der Waals surface area contributed by atoms with Gasteiger partial charge >= 0.3 is 8.80 Å². The highest BCUT2D eigenvalue weighted by molar-refractivity contribution is 6.87. The molecule has 20 heavy (non-hydrogen) atoms. The molecular weight excluding hydrogens is 288 g/mol. The van der Waals surface area contributed by atoms with E-state index in [0.717, 1.165) is 17.6 Å². The quantitative estimate of drug-likeness (QED) is 0.509. The summed E-state index contributed by atoms with van der Waals surface area (Å²) in [7, 11) is 2.47. The van der Waals surface area contributed by atoms with Gasteiger partial charge in [0.15, 0.2) is 8.32 Å². The average molecular weight is 317 g/mol. The van der Waals surface area contributed by atoms with Crippen LogP contribution in [0.1, 0.15) is 19.8 Å². The molecule has 1 saturated carbocycles. The summed E-state index contributed by atoms with van der Waals surface area (Å²) >= 11 is 0. The topological polar surface area (TPSA) is 36.9 Å². The Morgan fingerprint density at radius 1 is 0.950 bits per heavy atom. The van der Waals surface area contributed by atoms with Gasteiger partial charge < -0.3 is 17.7 Å². The van der Waals surface area contributed by atoms with Crippen molar-refractivity contribution in [1.82, 2.24) is 0 Å². The summed E-state index contributed by atoms with van der Waals surface area (Å²) in [5, 5.41) is 0. The Bertz CT molecular complexity index is 345. The fourth-order valence-electron chi connectivity index (χ4n) is 4.10. The Hall–Kier alpha value is 0.0138. The van der Waals surface area contributed by atoms with Crippen LogP contribution >= 0.6 is 0 Å². The lowest BCUT2D eigenvalue weighted by Crippen LogP contribution is -2.56. The summed E-state index contributed by atoms with van der Waals surface area (Å²) in [6.07, 6.45) is 7.38. The molecule has 2 aliphatic carbocycles. The fraction of sp³-hybridized carbons (Fsp3) is 0.857. The van der Waals surface area contributed by atoms with Crippen molar-refractivity contribution in [1.29, 1.82) is 0 Å². The van der Waals surface area contributed by atoms with Crippen LogP contribution in [-0.4, -0.2) is 45.6 Å². The van der Waals surface area contributed by atoms with E-state index in [1.807, 2.05) is 7.11 Å². The maximum absolute atomic E-state index is 6.18. The Balaban J connectivity index is 2.23. The van der Waals surface area contributed by atoms with Crippen LogP contribution in [0.25, 0.3) is 0 Å². The van der Waals surface area contributed by atoms with Crippen molar-refractivity contribution in [3.63, 3.8) is 0 Å². The van der Waals surface area contributed by atoms with E-state index >= 15 is 0 Å². The second-order valence-electron chi connectivity index (χ2n) is 5.98. The van der Waals surface area contributed by atoms with Gasteiger partial charge in [0.2, 0.25) is 0 Å². The van der Waals surface area contributed by atoms with Crippen LogP contribution in [0.2, 0.25) is 17.3 Å². The molecule has 0 amide bonds. The van der Waals surface area contributed by atoms with E-state index < -0.39 is 17.1 Å². The van der Waals surface area contributed by atoms with Crippen molar-refractivity contribution >= 4 is 17.1 Å². The summed E-state index contributed by atoms with van der Waals surface area (Å²) < 4.78 is 23.2. The Morgan fingerprint density at radius 2 is 1.60 bits per heavy atom. The predicted molar refractivity (Wildman–Crippen MR) is 83.9 cm³/mol. The summed E-state index contributed by atoms with van der Waals surface area (Å²) in [5.74, 6) is 1.46. The van der Waals surface area contributed by atoms with Crippen LogP contribution in [0.3, 0.4) is 0 Å². The number of hydrogen-bond acceptors (Lipinski definition) is 4. The molecule has 0 heterocycles. The third-order valence-electron chi connectivity index (χ3n) is 5.41. The maximum atomic E-state index is 6.18. The molecule has 4 unspecified atom stereocenters. The van der Waals surface area contributed by atoms with E-state index in [0.29, 0.717) is 11.5 Å². The standard InChI is InChI=1S/C14H28O4Si2/c1-6-19(15-2,11-20(16-3,17-4)18-5)14-10-12-7-8-13(14)9-12/h7-8,12-14H,6,9-11H2,1-5H3. The van der Waals surface area contributed by atoms with E-state index in [4.69, 9.17) is 17.7 Å². The van der Waals surface area contributed by atoms with Gasteiger partial charge in [0.05, 0.1) is 0 Å². The smallest absolute Gasteiger partial charge is 0.420 e. The summed E-state index contributed by atoms with van der Waals surface area (Å²) in [6, 6.07) is 1.09. The minimum atomic E-state index is -2.58. The number of rotatable bonds is 8. The van der Waals surface area contributed by atoms with Crippen LogP contribution in [0.15, 0.2) is 12.2 Å². The second kappa shape index (κ2) is 6.41. The highest BCUT2D eigenvalue weighted by atomic mass is 28.4. The Morgan fingerprint density at radius 3 is 1.95 bits per heavy atom. The lowest BCUT2D eigenvalue weighted by Gasteiger charge is -2.41. The van der Waals surface area contributed by atoms with Gasteiger partial charge in [0.1, 0.15) is 0 Å². The van der Waals surface area contributed by atoms with Crippen LogP contribution in [0, 0.1) is 11.8 Å². The van der Waals surface area contributed by atoms with Gasteiger partial charge in [-0.25, -0.2) is 0 Å². The van der Waals surface area contributed by atoms with Gasteiger partial charge in [0.25, 0.3) is 0 Å². The molecule has 4 nitrogen and oxygen atoms in total. The minimum Gasteiger partial charge on any atom is -0.420 e. The van der Waals surface area contributed by atoms with E-state index in [9.17, 15) is 0 Å². The zero-order valence-corrected chi connectivity index (χ0v) is 15.3. The molecule has 2 bridgehead atoms. The van der Waals surface area contributed by atoms with Crippen LogP contribution in [0.4, 0.5) is 0 Å². The number of allylic oxidation sites excluding steroid dienone is 2. The molecule has 116 valence electrons. The lowest BCUT2D eigenvalue weighted by molar-refractivity contribution is 0.126. The van der Waals surface area contributed by atoms with Crippen molar-refractivity contribution in [2.75, 3.05) is 28.4 Å². The van der Waals surface area contributed by atoms with Gasteiger partial charge in [-0.15, -0.1) is 0 Å². The summed E-state index contributed by atoms with van der Waals surface area (Å²) in [6.45, 7) is 2.26. The molecular formula is C14H28O4Si2. The first-order valence-electron chi connectivity index (χ1n) is 7.47. The van der Waals surface area contributed by atoms with E-state index in [1.54, 1.807) is 21.3 Å².